The van der Waals surface area contributed by atoms with Crippen molar-refractivity contribution < 1.29 is 0 Å². The first kappa shape index (κ1) is 9.71. The highest BCUT2D eigenvalue weighted by Gasteiger charge is 2.17. The zero-order chi connectivity index (χ0) is 9.97. The molecule has 0 radical (unpaired) electrons. The number of aromatic amines is 1. The third kappa shape index (κ3) is 1.97. The van der Waals surface area contributed by atoms with Crippen LogP contribution in [0.2, 0.25) is 0 Å². The summed E-state index contributed by atoms with van der Waals surface area (Å²) >= 11 is 3.22. The van der Waals surface area contributed by atoms with E-state index in [2.05, 4.69) is 31.4 Å². The molecule has 1 heterocycles. The van der Waals surface area contributed by atoms with Crippen LogP contribution >= 0.6 is 15.9 Å². The maximum atomic E-state index is 11.2. The van der Waals surface area contributed by atoms with E-state index in [9.17, 15) is 4.79 Å². The first-order valence-electron chi connectivity index (χ1n) is 4.74. The van der Waals surface area contributed by atoms with Crippen LogP contribution in [-0.4, -0.2) is 16.7 Å². The summed E-state index contributed by atoms with van der Waals surface area (Å²) in [5.41, 5.74) is 0.587. The van der Waals surface area contributed by atoms with E-state index in [1.807, 2.05) is 0 Å². The molecule has 1 aromatic heterocycles. The Morgan fingerprint density at radius 2 is 2.43 bits per heavy atom. The monoisotopic (exact) mass is 257 g/mol. The van der Waals surface area contributed by atoms with Gasteiger partial charge in [0.15, 0.2) is 0 Å². The second-order valence-electron chi connectivity index (χ2n) is 3.60. The van der Waals surface area contributed by atoms with Crippen LogP contribution in [0.1, 0.15) is 19.3 Å². The lowest BCUT2D eigenvalue weighted by molar-refractivity contribution is 0.333. The smallest absolute Gasteiger partial charge is 0.280 e. The Bertz CT molecular complexity index is 373. The van der Waals surface area contributed by atoms with Crippen molar-refractivity contribution in [3.63, 3.8) is 0 Å². The average Bonchev–Trinajstić information content (AvgIpc) is 2.09. The van der Waals surface area contributed by atoms with E-state index in [0.717, 1.165) is 18.2 Å². The molecular weight excluding hydrogens is 246 g/mol. The molecule has 14 heavy (non-hydrogen) atoms. The largest absolute Gasteiger partial charge is 0.382 e. The van der Waals surface area contributed by atoms with Crippen molar-refractivity contribution in [3.05, 3.63) is 21.0 Å². The summed E-state index contributed by atoms with van der Waals surface area (Å²) in [5, 5.41) is 9.33. The molecule has 5 heteroatoms. The number of nitrogens with zero attached hydrogens (tertiary/aromatic N) is 1. The number of hydrogen-bond acceptors (Lipinski definition) is 3. The standard InChI is InChI=1S/C9H12BrN3O/c10-8-7(5-12-13-9(8)14)11-4-6-2-1-3-6/h5-6H,1-4H2,(H2,11,13,14). The highest BCUT2D eigenvalue weighted by molar-refractivity contribution is 9.10. The van der Waals surface area contributed by atoms with Gasteiger partial charge in [0.25, 0.3) is 5.56 Å². The molecule has 1 fully saturated rings. The van der Waals surface area contributed by atoms with Crippen molar-refractivity contribution in [2.45, 2.75) is 19.3 Å². The van der Waals surface area contributed by atoms with Crippen LogP contribution in [0.3, 0.4) is 0 Å². The molecule has 0 atom stereocenters. The van der Waals surface area contributed by atoms with Crippen molar-refractivity contribution in [3.8, 4) is 0 Å². The normalized spacial score (nSPS) is 16.4. The second-order valence-corrected chi connectivity index (χ2v) is 4.40. The van der Waals surface area contributed by atoms with E-state index in [1.54, 1.807) is 6.20 Å². The van der Waals surface area contributed by atoms with Gasteiger partial charge in [0.05, 0.1) is 11.9 Å². The fourth-order valence-corrected chi connectivity index (χ4v) is 1.79. The molecule has 1 aliphatic rings. The number of halogens is 1. The molecule has 0 aromatic carbocycles. The van der Waals surface area contributed by atoms with Crippen molar-refractivity contribution in [1.29, 1.82) is 0 Å². The van der Waals surface area contributed by atoms with Crippen LogP contribution in [0.4, 0.5) is 5.69 Å². The van der Waals surface area contributed by atoms with Gasteiger partial charge in [-0.05, 0) is 34.7 Å². The molecule has 1 saturated carbocycles. The topological polar surface area (TPSA) is 57.8 Å². The molecule has 4 nitrogen and oxygen atoms in total. The van der Waals surface area contributed by atoms with Crippen LogP contribution in [0.15, 0.2) is 15.5 Å². The zero-order valence-corrected chi connectivity index (χ0v) is 9.30. The summed E-state index contributed by atoms with van der Waals surface area (Å²) in [4.78, 5) is 11.2. The number of rotatable bonds is 3. The van der Waals surface area contributed by atoms with E-state index < -0.39 is 0 Å². The molecule has 1 aromatic rings. The first-order chi connectivity index (χ1) is 6.77. The molecule has 1 aliphatic carbocycles. The molecule has 2 N–H and O–H groups in total. The minimum atomic E-state index is -0.191. The van der Waals surface area contributed by atoms with Gasteiger partial charge in [-0.25, -0.2) is 5.10 Å². The number of hydrogen-bond donors (Lipinski definition) is 2. The Kier molecular flexibility index (Phi) is 2.86. The lowest BCUT2D eigenvalue weighted by Crippen LogP contribution is -2.22. The molecular formula is C9H12BrN3O. The zero-order valence-electron chi connectivity index (χ0n) is 7.72. The number of H-pyrrole nitrogens is 1. The third-order valence-corrected chi connectivity index (χ3v) is 3.39. The van der Waals surface area contributed by atoms with Gasteiger partial charge in [-0.3, -0.25) is 4.79 Å². The van der Waals surface area contributed by atoms with Gasteiger partial charge >= 0.3 is 0 Å². The van der Waals surface area contributed by atoms with Crippen molar-refractivity contribution in [1.82, 2.24) is 10.2 Å². The Morgan fingerprint density at radius 3 is 3.07 bits per heavy atom. The Labute approximate surface area is 90.2 Å². The molecule has 0 amide bonds. The van der Waals surface area contributed by atoms with Gasteiger partial charge in [0.2, 0.25) is 0 Å². The van der Waals surface area contributed by atoms with Crippen LogP contribution < -0.4 is 10.9 Å². The SMILES string of the molecule is O=c1[nH]ncc(NCC2CCC2)c1Br. The summed E-state index contributed by atoms with van der Waals surface area (Å²) in [5.74, 6) is 0.765. The second kappa shape index (κ2) is 4.13. The van der Waals surface area contributed by atoms with Gasteiger partial charge in [0.1, 0.15) is 4.47 Å². The Balaban J connectivity index is 2.01. The summed E-state index contributed by atoms with van der Waals surface area (Å²) in [6, 6.07) is 0. The number of anilines is 1. The Hall–Kier alpha value is -0.840. The van der Waals surface area contributed by atoms with Crippen LogP contribution in [0, 0.1) is 5.92 Å². The van der Waals surface area contributed by atoms with Gasteiger partial charge in [-0.15, -0.1) is 0 Å². The summed E-state index contributed by atoms with van der Waals surface area (Å²) in [7, 11) is 0. The van der Waals surface area contributed by atoms with E-state index >= 15 is 0 Å². The minimum Gasteiger partial charge on any atom is -0.382 e. The van der Waals surface area contributed by atoms with E-state index in [1.165, 1.54) is 19.3 Å². The number of aromatic nitrogens is 2. The summed E-state index contributed by atoms with van der Waals surface area (Å²) < 4.78 is 0.534. The van der Waals surface area contributed by atoms with E-state index in [-0.39, 0.29) is 5.56 Å². The maximum Gasteiger partial charge on any atom is 0.280 e. The first-order valence-corrected chi connectivity index (χ1v) is 5.53. The predicted molar refractivity (Wildman–Crippen MR) is 58.4 cm³/mol. The van der Waals surface area contributed by atoms with Crippen LogP contribution in [0.25, 0.3) is 0 Å². The Morgan fingerprint density at radius 1 is 1.64 bits per heavy atom. The summed E-state index contributed by atoms with van der Waals surface area (Å²) in [6.07, 6.45) is 5.55. The van der Waals surface area contributed by atoms with Crippen molar-refractivity contribution in [2.75, 3.05) is 11.9 Å². The van der Waals surface area contributed by atoms with E-state index in [0.29, 0.717) is 4.47 Å². The quantitative estimate of drug-likeness (QED) is 0.868. The lowest BCUT2D eigenvalue weighted by Gasteiger charge is -2.25. The molecule has 2 rings (SSSR count). The molecule has 0 saturated heterocycles. The van der Waals surface area contributed by atoms with Crippen LogP contribution in [0.5, 0.6) is 0 Å². The van der Waals surface area contributed by atoms with Gasteiger partial charge < -0.3 is 5.32 Å². The fraction of sp³-hybridized carbons (Fsp3) is 0.556. The average molecular weight is 258 g/mol. The van der Waals surface area contributed by atoms with Gasteiger partial charge in [-0.1, -0.05) is 6.42 Å². The molecule has 0 bridgehead atoms. The predicted octanol–water partition coefficient (Wildman–Crippen LogP) is 1.74. The maximum absolute atomic E-state index is 11.2. The van der Waals surface area contributed by atoms with Crippen LogP contribution in [-0.2, 0) is 0 Å². The van der Waals surface area contributed by atoms with Gasteiger partial charge in [-0.2, -0.15) is 5.10 Å². The molecule has 0 aliphatic heterocycles. The molecule has 0 spiro atoms. The summed E-state index contributed by atoms with van der Waals surface area (Å²) in [6.45, 7) is 0.934. The highest BCUT2D eigenvalue weighted by atomic mass is 79.9. The molecule has 76 valence electrons. The van der Waals surface area contributed by atoms with E-state index in [4.69, 9.17) is 0 Å². The minimum absolute atomic E-state index is 0.191. The van der Waals surface area contributed by atoms with Crippen molar-refractivity contribution in [2.24, 2.45) is 5.92 Å². The number of nitrogens with one attached hydrogen (secondary N) is 2. The molecule has 0 unspecified atom stereocenters. The van der Waals surface area contributed by atoms with Crippen molar-refractivity contribution >= 4 is 21.6 Å². The third-order valence-electron chi connectivity index (χ3n) is 2.60. The lowest BCUT2D eigenvalue weighted by atomic mass is 9.85. The fourth-order valence-electron chi connectivity index (χ4n) is 1.46. The highest BCUT2D eigenvalue weighted by Crippen LogP contribution is 2.27. The van der Waals surface area contributed by atoms with Gasteiger partial charge in [0, 0.05) is 6.54 Å².